The van der Waals surface area contributed by atoms with Crippen LogP contribution in [0.3, 0.4) is 0 Å². The SMILES string of the molecule is Cc1ccc([C@@H](C)NC(=O)CCCN(c2ccccc2F)S(C)(=O)=O)c(C)c1. The van der Waals surface area contributed by atoms with Gasteiger partial charge in [0.1, 0.15) is 5.82 Å². The van der Waals surface area contributed by atoms with Gasteiger partial charge in [0.25, 0.3) is 0 Å². The summed E-state index contributed by atoms with van der Waals surface area (Å²) in [5.74, 6) is -0.782. The summed E-state index contributed by atoms with van der Waals surface area (Å²) in [5, 5.41) is 2.94. The quantitative estimate of drug-likeness (QED) is 0.724. The van der Waals surface area contributed by atoms with E-state index in [1.807, 2.05) is 32.9 Å². The molecule has 2 rings (SSSR count). The highest BCUT2D eigenvalue weighted by molar-refractivity contribution is 7.92. The fourth-order valence-electron chi connectivity index (χ4n) is 3.21. The van der Waals surface area contributed by atoms with Gasteiger partial charge in [0.05, 0.1) is 18.0 Å². The zero-order chi connectivity index (χ0) is 20.9. The third-order valence-corrected chi connectivity index (χ3v) is 5.74. The van der Waals surface area contributed by atoms with Crippen molar-refractivity contribution in [3.8, 4) is 0 Å². The second-order valence-corrected chi connectivity index (χ2v) is 8.95. The molecule has 0 aromatic heterocycles. The van der Waals surface area contributed by atoms with E-state index in [9.17, 15) is 17.6 Å². The molecule has 0 aliphatic heterocycles. The number of carbonyl (C=O) groups excluding carboxylic acids is 1. The van der Waals surface area contributed by atoms with E-state index in [4.69, 9.17) is 0 Å². The summed E-state index contributed by atoms with van der Waals surface area (Å²) in [7, 11) is -3.65. The van der Waals surface area contributed by atoms with Crippen LogP contribution >= 0.6 is 0 Å². The van der Waals surface area contributed by atoms with Crippen LogP contribution in [0.15, 0.2) is 42.5 Å². The molecule has 2 aromatic carbocycles. The number of para-hydroxylation sites is 1. The number of anilines is 1. The van der Waals surface area contributed by atoms with Gasteiger partial charge in [-0.2, -0.15) is 0 Å². The largest absolute Gasteiger partial charge is 0.350 e. The van der Waals surface area contributed by atoms with Crippen molar-refractivity contribution in [3.05, 3.63) is 65.0 Å². The topological polar surface area (TPSA) is 66.5 Å². The van der Waals surface area contributed by atoms with Gasteiger partial charge in [0.2, 0.25) is 15.9 Å². The van der Waals surface area contributed by atoms with E-state index in [2.05, 4.69) is 11.4 Å². The monoisotopic (exact) mass is 406 g/mol. The van der Waals surface area contributed by atoms with E-state index in [-0.39, 0.29) is 37.0 Å². The predicted octanol–water partition coefficient (Wildman–Crippen LogP) is 3.87. The second-order valence-electron chi connectivity index (χ2n) is 7.04. The second kappa shape index (κ2) is 9.19. The maximum atomic E-state index is 14.0. The van der Waals surface area contributed by atoms with Gasteiger partial charge in [0.15, 0.2) is 0 Å². The molecule has 1 atom stereocenters. The summed E-state index contributed by atoms with van der Waals surface area (Å²) in [5.41, 5.74) is 3.31. The minimum Gasteiger partial charge on any atom is -0.350 e. The number of amides is 1. The molecule has 0 bridgehead atoms. The minimum atomic E-state index is -3.65. The highest BCUT2D eigenvalue weighted by atomic mass is 32.2. The number of nitrogens with one attached hydrogen (secondary N) is 1. The van der Waals surface area contributed by atoms with Crippen LogP contribution in [0.25, 0.3) is 0 Å². The first-order chi connectivity index (χ1) is 13.1. The number of benzene rings is 2. The lowest BCUT2D eigenvalue weighted by atomic mass is 10.00. The molecule has 0 spiro atoms. The van der Waals surface area contributed by atoms with Crippen molar-refractivity contribution in [2.45, 2.75) is 39.7 Å². The van der Waals surface area contributed by atoms with Gasteiger partial charge in [-0.3, -0.25) is 9.10 Å². The van der Waals surface area contributed by atoms with Crippen molar-refractivity contribution in [1.29, 1.82) is 0 Å². The van der Waals surface area contributed by atoms with E-state index >= 15 is 0 Å². The van der Waals surface area contributed by atoms with Gasteiger partial charge in [0, 0.05) is 13.0 Å². The molecule has 0 aliphatic carbocycles. The summed E-state index contributed by atoms with van der Waals surface area (Å²) < 4.78 is 39.1. The Morgan fingerprint density at radius 1 is 1.18 bits per heavy atom. The van der Waals surface area contributed by atoms with Crippen molar-refractivity contribution in [2.75, 3.05) is 17.1 Å². The van der Waals surface area contributed by atoms with E-state index < -0.39 is 15.8 Å². The van der Waals surface area contributed by atoms with Gasteiger partial charge < -0.3 is 5.32 Å². The molecule has 0 saturated carbocycles. The number of hydrogen-bond donors (Lipinski definition) is 1. The summed E-state index contributed by atoms with van der Waals surface area (Å²) in [4.78, 5) is 12.3. The highest BCUT2D eigenvalue weighted by Crippen LogP contribution is 2.22. The van der Waals surface area contributed by atoms with Crippen molar-refractivity contribution in [1.82, 2.24) is 5.32 Å². The van der Waals surface area contributed by atoms with Crippen LogP contribution in [0.5, 0.6) is 0 Å². The molecular weight excluding hydrogens is 379 g/mol. The minimum absolute atomic E-state index is 0.00550. The van der Waals surface area contributed by atoms with Gasteiger partial charge >= 0.3 is 0 Å². The smallest absolute Gasteiger partial charge is 0.232 e. The Hall–Kier alpha value is -2.41. The molecule has 1 amide bonds. The zero-order valence-electron chi connectivity index (χ0n) is 16.7. The van der Waals surface area contributed by atoms with Crippen LogP contribution in [0.1, 0.15) is 42.5 Å². The lowest BCUT2D eigenvalue weighted by molar-refractivity contribution is -0.121. The molecule has 152 valence electrons. The highest BCUT2D eigenvalue weighted by Gasteiger charge is 2.20. The predicted molar refractivity (Wildman–Crippen MR) is 110 cm³/mol. The average Bonchev–Trinajstić information content (AvgIpc) is 2.58. The molecule has 0 radical (unpaired) electrons. The van der Waals surface area contributed by atoms with Crippen molar-refractivity contribution in [3.63, 3.8) is 0 Å². The van der Waals surface area contributed by atoms with Crippen LogP contribution in [-0.2, 0) is 14.8 Å². The average molecular weight is 407 g/mol. The maximum Gasteiger partial charge on any atom is 0.232 e. The van der Waals surface area contributed by atoms with Crippen LogP contribution in [0.4, 0.5) is 10.1 Å². The first kappa shape index (κ1) is 21.9. The summed E-state index contributed by atoms with van der Waals surface area (Å²) in [6.07, 6.45) is 1.46. The van der Waals surface area contributed by atoms with Crippen molar-refractivity contribution >= 4 is 21.6 Å². The third-order valence-electron chi connectivity index (χ3n) is 4.56. The standard InChI is InChI=1S/C21H27FN2O3S/c1-15-11-12-18(16(2)14-15)17(3)23-21(25)10-7-13-24(28(4,26)27)20-9-6-5-8-19(20)22/h5-6,8-9,11-12,14,17H,7,10,13H2,1-4H3,(H,23,25)/t17-/m1/s1. The third kappa shape index (κ3) is 5.79. The molecule has 2 aromatic rings. The Morgan fingerprint density at radius 2 is 1.86 bits per heavy atom. The van der Waals surface area contributed by atoms with Gasteiger partial charge in [-0.1, -0.05) is 35.9 Å². The molecule has 0 fully saturated rings. The molecule has 1 N–H and O–H groups in total. The molecule has 28 heavy (non-hydrogen) atoms. The molecule has 0 aliphatic rings. The van der Waals surface area contributed by atoms with E-state index in [1.54, 1.807) is 6.07 Å². The number of carbonyl (C=O) groups is 1. The number of aryl methyl sites for hydroxylation is 2. The van der Waals surface area contributed by atoms with E-state index in [1.165, 1.54) is 18.2 Å². The Morgan fingerprint density at radius 3 is 2.46 bits per heavy atom. The molecular formula is C21H27FN2O3S. The molecule has 7 heteroatoms. The number of rotatable bonds is 8. The maximum absolute atomic E-state index is 14.0. The summed E-state index contributed by atoms with van der Waals surface area (Å²) >= 11 is 0. The lowest BCUT2D eigenvalue weighted by Gasteiger charge is -2.23. The van der Waals surface area contributed by atoms with Crippen LogP contribution in [0.2, 0.25) is 0 Å². The van der Waals surface area contributed by atoms with Crippen molar-refractivity contribution < 1.29 is 17.6 Å². The van der Waals surface area contributed by atoms with Crippen molar-refractivity contribution in [2.24, 2.45) is 0 Å². The lowest BCUT2D eigenvalue weighted by Crippen LogP contribution is -2.33. The van der Waals surface area contributed by atoms with Gasteiger partial charge in [-0.15, -0.1) is 0 Å². The normalized spacial score (nSPS) is 12.5. The van der Waals surface area contributed by atoms with Crippen LogP contribution in [0, 0.1) is 19.7 Å². The summed E-state index contributed by atoms with van der Waals surface area (Å²) in [6, 6.07) is 11.6. The summed E-state index contributed by atoms with van der Waals surface area (Å²) in [6.45, 7) is 5.97. The van der Waals surface area contributed by atoms with E-state index in [0.29, 0.717) is 0 Å². The fourth-order valence-corrected chi connectivity index (χ4v) is 4.17. The Labute approximate surface area is 166 Å². The fraction of sp³-hybridized carbons (Fsp3) is 0.381. The van der Waals surface area contributed by atoms with E-state index in [0.717, 1.165) is 27.3 Å². The Balaban J connectivity index is 1.97. The molecule has 0 unspecified atom stereocenters. The zero-order valence-corrected chi connectivity index (χ0v) is 17.5. The van der Waals surface area contributed by atoms with Gasteiger partial charge in [-0.25, -0.2) is 12.8 Å². The Bertz CT molecular complexity index is 944. The molecule has 0 saturated heterocycles. The van der Waals surface area contributed by atoms with Crippen LogP contribution in [-0.4, -0.2) is 27.1 Å². The first-order valence-corrected chi connectivity index (χ1v) is 11.0. The molecule has 5 nitrogen and oxygen atoms in total. The molecule has 0 heterocycles. The number of hydrogen-bond acceptors (Lipinski definition) is 3. The Kier molecular flexibility index (Phi) is 7.18. The van der Waals surface area contributed by atoms with Gasteiger partial charge in [-0.05, 0) is 50.5 Å². The number of nitrogens with zero attached hydrogens (tertiary/aromatic N) is 1. The number of sulfonamides is 1. The number of halogens is 1. The van der Waals surface area contributed by atoms with Crippen LogP contribution < -0.4 is 9.62 Å². The first-order valence-electron chi connectivity index (χ1n) is 9.18.